The van der Waals surface area contributed by atoms with Crippen LogP contribution < -0.4 is 4.90 Å². The molecule has 5 nitrogen and oxygen atoms in total. The molecule has 1 N–H and O–H groups in total. The third-order valence-electron chi connectivity index (χ3n) is 3.35. The van der Waals surface area contributed by atoms with E-state index in [1.807, 2.05) is 32.3 Å². The van der Waals surface area contributed by atoms with Crippen molar-refractivity contribution in [3.8, 4) is 0 Å². The van der Waals surface area contributed by atoms with Gasteiger partial charge in [0.15, 0.2) is 0 Å². The first-order valence-corrected chi connectivity index (χ1v) is 6.32. The molecule has 1 saturated heterocycles. The van der Waals surface area contributed by atoms with Gasteiger partial charge in [0, 0.05) is 24.6 Å². The van der Waals surface area contributed by atoms with E-state index in [4.69, 9.17) is 0 Å². The van der Waals surface area contributed by atoms with Crippen molar-refractivity contribution < 1.29 is 0 Å². The molecule has 0 spiro atoms. The zero-order valence-electron chi connectivity index (χ0n) is 10.7. The lowest BCUT2D eigenvalue weighted by atomic mass is 10.2. The van der Waals surface area contributed by atoms with Crippen molar-refractivity contribution in [2.75, 3.05) is 11.4 Å². The molecule has 0 aromatic carbocycles. The number of imidazole rings is 1. The summed E-state index contributed by atoms with van der Waals surface area (Å²) in [5, 5.41) is 0. The van der Waals surface area contributed by atoms with Gasteiger partial charge in [0.05, 0.1) is 6.04 Å². The molecule has 3 heterocycles. The monoisotopic (exact) mass is 243 g/mol. The van der Waals surface area contributed by atoms with Gasteiger partial charge in [-0.05, 0) is 32.8 Å². The fourth-order valence-electron chi connectivity index (χ4n) is 2.53. The van der Waals surface area contributed by atoms with Gasteiger partial charge in [0.1, 0.15) is 17.5 Å². The quantitative estimate of drug-likeness (QED) is 0.878. The van der Waals surface area contributed by atoms with E-state index in [0.717, 1.165) is 36.1 Å². The second-order valence-electron chi connectivity index (χ2n) is 4.76. The largest absolute Gasteiger partial charge is 0.346 e. The summed E-state index contributed by atoms with van der Waals surface area (Å²) < 4.78 is 0. The number of nitrogens with one attached hydrogen (secondary N) is 1. The van der Waals surface area contributed by atoms with E-state index < -0.39 is 0 Å². The fourth-order valence-corrected chi connectivity index (χ4v) is 2.53. The first kappa shape index (κ1) is 11.2. The standard InChI is InChI=1S/C13H17N5/c1-9-8-15-13(16-9)11-4-3-7-18(11)12-5-6-14-10(2)17-12/h5-6,8,11H,3-4,7H2,1-2H3,(H,15,16). The van der Waals surface area contributed by atoms with Crippen LogP contribution in [0.25, 0.3) is 0 Å². The molecular weight excluding hydrogens is 226 g/mol. The predicted octanol–water partition coefficient (Wildman–Crippen LogP) is 2.16. The average molecular weight is 243 g/mol. The topological polar surface area (TPSA) is 57.7 Å². The van der Waals surface area contributed by atoms with Gasteiger partial charge in [-0.25, -0.2) is 15.0 Å². The molecule has 0 bridgehead atoms. The normalized spacial score (nSPS) is 19.4. The molecule has 1 atom stereocenters. The van der Waals surface area contributed by atoms with E-state index in [-0.39, 0.29) is 0 Å². The molecule has 94 valence electrons. The van der Waals surface area contributed by atoms with Crippen molar-refractivity contribution in [2.24, 2.45) is 0 Å². The Morgan fingerprint density at radius 2 is 2.22 bits per heavy atom. The molecule has 2 aromatic heterocycles. The van der Waals surface area contributed by atoms with Crippen LogP contribution >= 0.6 is 0 Å². The lowest BCUT2D eigenvalue weighted by molar-refractivity contribution is 0.667. The highest BCUT2D eigenvalue weighted by atomic mass is 15.3. The number of rotatable bonds is 2. The number of aryl methyl sites for hydroxylation is 2. The van der Waals surface area contributed by atoms with Crippen LogP contribution in [-0.2, 0) is 0 Å². The highest BCUT2D eigenvalue weighted by Crippen LogP contribution is 2.33. The van der Waals surface area contributed by atoms with Crippen molar-refractivity contribution in [1.82, 2.24) is 19.9 Å². The Hall–Kier alpha value is -1.91. The molecule has 1 unspecified atom stereocenters. The summed E-state index contributed by atoms with van der Waals surface area (Å²) in [5.41, 5.74) is 1.11. The zero-order valence-corrected chi connectivity index (χ0v) is 10.7. The van der Waals surface area contributed by atoms with Crippen LogP contribution in [0.3, 0.4) is 0 Å². The fraction of sp³-hybridized carbons (Fsp3) is 0.462. The summed E-state index contributed by atoms with van der Waals surface area (Å²) in [4.78, 5) is 18.8. The zero-order chi connectivity index (χ0) is 12.5. The Morgan fingerprint density at radius 1 is 1.33 bits per heavy atom. The molecule has 5 heteroatoms. The molecule has 0 amide bonds. The minimum Gasteiger partial charge on any atom is -0.346 e. The van der Waals surface area contributed by atoms with Gasteiger partial charge in [0.25, 0.3) is 0 Å². The van der Waals surface area contributed by atoms with E-state index in [1.54, 1.807) is 0 Å². The minimum absolute atomic E-state index is 0.313. The maximum atomic E-state index is 4.51. The number of anilines is 1. The molecule has 1 fully saturated rings. The maximum Gasteiger partial charge on any atom is 0.132 e. The highest BCUT2D eigenvalue weighted by molar-refractivity contribution is 5.41. The Morgan fingerprint density at radius 3 is 2.94 bits per heavy atom. The summed E-state index contributed by atoms with van der Waals surface area (Å²) in [5.74, 6) is 2.86. The molecular formula is C13H17N5. The number of nitrogens with zero attached hydrogens (tertiary/aromatic N) is 4. The van der Waals surface area contributed by atoms with Crippen LogP contribution in [0.4, 0.5) is 5.82 Å². The van der Waals surface area contributed by atoms with Gasteiger partial charge in [-0.15, -0.1) is 0 Å². The van der Waals surface area contributed by atoms with Gasteiger partial charge in [-0.2, -0.15) is 0 Å². The van der Waals surface area contributed by atoms with Gasteiger partial charge in [0.2, 0.25) is 0 Å². The lowest BCUT2D eigenvalue weighted by Crippen LogP contribution is -2.24. The molecule has 0 radical (unpaired) electrons. The maximum absolute atomic E-state index is 4.51. The lowest BCUT2D eigenvalue weighted by Gasteiger charge is -2.24. The van der Waals surface area contributed by atoms with Crippen molar-refractivity contribution in [3.05, 3.63) is 35.8 Å². The number of H-pyrrole nitrogens is 1. The van der Waals surface area contributed by atoms with Crippen molar-refractivity contribution >= 4 is 5.82 Å². The minimum atomic E-state index is 0.313. The second kappa shape index (κ2) is 4.40. The SMILES string of the molecule is Cc1nccc(N2CCCC2c2ncc(C)[nH]2)n1. The van der Waals surface area contributed by atoms with Crippen LogP contribution in [0, 0.1) is 13.8 Å². The van der Waals surface area contributed by atoms with Crippen LogP contribution in [0.15, 0.2) is 18.5 Å². The van der Waals surface area contributed by atoms with E-state index in [0.29, 0.717) is 6.04 Å². The Kier molecular flexibility index (Phi) is 2.74. The molecule has 1 aliphatic heterocycles. The molecule has 18 heavy (non-hydrogen) atoms. The van der Waals surface area contributed by atoms with Gasteiger partial charge < -0.3 is 9.88 Å². The van der Waals surface area contributed by atoms with Gasteiger partial charge in [-0.3, -0.25) is 0 Å². The average Bonchev–Trinajstić information content (AvgIpc) is 2.96. The predicted molar refractivity (Wildman–Crippen MR) is 69.4 cm³/mol. The smallest absolute Gasteiger partial charge is 0.132 e. The number of aromatic nitrogens is 4. The molecule has 1 aliphatic rings. The first-order valence-electron chi connectivity index (χ1n) is 6.32. The van der Waals surface area contributed by atoms with E-state index in [1.165, 1.54) is 6.42 Å². The molecule has 2 aromatic rings. The molecule has 3 rings (SSSR count). The Labute approximate surface area is 106 Å². The summed E-state index contributed by atoms with van der Waals surface area (Å²) in [6, 6.07) is 2.29. The summed E-state index contributed by atoms with van der Waals surface area (Å²) in [7, 11) is 0. The Bertz CT molecular complexity index is 548. The third kappa shape index (κ3) is 1.96. The number of hydrogen-bond acceptors (Lipinski definition) is 4. The van der Waals surface area contributed by atoms with Gasteiger partial charge in [-0.1, -0.05) is 0 Å². The van der Waals surface area contributed by atoms with Gasteiger partial charge >= 0.3 is 0 Å². The summed E-state index contributed by atoms with van der Waals surface area (Å²) in [6.07, 6.45) is 6.00. The first-order chi connectivity index (χ1) is 8.74. The summed E-state index contributed by atoms with van der Waals surface area (Å²) >= 11 is 0. The van der Waals surface area contributed by atoms with Crippen LogP contribution in [0.2, 0.25) is 0 Å². The van der Waals surface area contributed by atoms with Crippen LogP contribution in [0.1, 0.15) is 36.2 Å². The van der Waals surface area contributed by atoms with Crippen molar-refractivity contribution in [1.29, 1.82) is 0 Å². The van der Waals surface area contributed by atoms with E-state index in [9.17, 15) is 0 Å². The summed E-state index contributed by atoms with van der Waals surface area (Å²) in [6.45, 7) is 4.98. The highest BCUT2D eigenvalue weighted by Gasteiger charge is 2.29. The van der Waals surface area contributed by atoms with Crippen LogP contribution in [0.5, 0.6) is 0 Å². The van der Waals surface area contributed by atoms with Crippen molar-refractivity contribution in [2.45, 2.75) is 32.7 Å². The Balaban J connectivity index is 1.92. The second-order valence-corrected chi connectivity index (χ2v) is 4.76. The molecule has 0 saturated carbocycles. The van der Waals surface area contributed by atoms with E-state index >= 15 is 0 Å². The van der Waals surface area contributed by atoms with E-state index in [2.05, 4.69) is 24.8 Å². The van der Waals surface area contributed by atoms with Crippen molar-refractivity contribution in [3.63, 3.8) is 0 Å². The third-order valence-corrected chi connectivity index (χ3v) is 3.35. The van der Waals surface area contributed by atoms with Crippen LogP contribution in [-0.4, -0.2) is 26.5 Å². The number of hydrogen-bond donors (Lipinski definition) is 1. The number of aromatic amines is 1. The molecule has 0 aliphatic carbocycles.